The summed E-state index contributed by atoms with van der Waals surface area (Å²) in [6, 6.07) is 5.96. The second-order valence-electron chi connectivity index (χ2n) is 9.37. The molecule has 1 aromatic rings. The van der Waals surface area contributed by atoms with Crippen molar-refractivity contribution in [2.24, 2.45) is 11.8 Å². The minimum Gasteiger partial charge on any atom is -0.465 e. The molecule has 0 aromatic heterocycles. The molecule has 8 nitrogen and oxygen atoms in total. The Morgan fingerprint density at radius 1 is 1.09 bits per heavy atom. The number of likely N-dealkylation sites (tertiary alicyclic amines) is 1. The fourth-order valence-electron chi connectivity index (χ4n) is 5.75. The molecule has 5 rings (SSSR count). The van der Waals surface area contributed by atoms with Gasteiger partial charge in [-0.05, 0) is 49.9 Å². The number of halogens is 1. The van der Waals surface area contributed by atoms with Crippen LogP contribution in [0.5, 0.6) is 0 Å². The Balaban J connectivity index is 1.59. The van der Waals surface area contributed by atoms with E-state index in [0.29, 0.717) is 23.7 Å². The molecule has 1 aromatic carbocycles. The van der Waals surface area contributed by atoms with E-state index in [1.807, 2.05) is 18.2 Å². The number of amides is 2. The topological polar surface area (TPSA) is 96.4 Å². The van der Waals surface area contributed by atoms with Gasteiger partial charge in [0.1, 0.15) is 17.6 Å². The van der Waals surface area contributed by atoms with Crippen LogP contribution in [0.2, 0.25) is 5.02 Å². The first kappa shape index (κ1) is 24.0. The number of hydrogen-bond acceptors (Lipinski definition) is 6. The van der Waals surface area contributed by atoms with Gasteiger partial charge in [0.2, 0.25) is 5.91 Å². The first-order valence-electron chi connectivity index (χ1n) is 12.1. The van der Waals surface area contributed by atoms with Crippen molar-refractivity contribution in [3.63, 3.8) is 0 Å². The third kappa shape index (κ3) is 4.07. The number of benzene rings is 1. The number of hydrogen-bond donors (Lipinski definition) is 1. The minimum atomic E-state index is -1.31. The molecular formula is C26H29ClN2O6. The highest BCUT2D eigenvalue weighted by Crippen LogP contribution is 2.53. The lowest BCUT2D eigenvalue weighted by Gasteiger charge is -2.35. The molecular weight excluding hydrogens is 472 g/mol. The van der Waals surface area contributed by atoms with Gasteiger partial charge in [0.15, 0.2) is 0 Å². The van der Waals surface area contributed by atoms with E-state index in [1.54, 1.807) is 35.2 Å². The monoisotopic (exact) mass is 500 g/mol. The van der Waals surface area contributed by atoms with Crippen LogP contribution in [0.4, 0.5) is 5.69 Å². The van der Waals surface area contributed by atoms with Crippen LogP contribution in [-0.2, 0) is 23.9 Å². The highest BCUT2D eigenvalue weighted by molar-refractivity contribution is 6.30. The maximum absolute atomic E-state index is 14.1. The predicted molar refractivity (Wildman–Crippen MR) is 129 cm³/mol. The summed E-state index contributed by atoms with van der Waals surface area (Å²) in [5.41, 5.74) is -0.659. The van der Waals surface area contributed by atoms with Crippen molar-refractivity contribution in [3.05, 3.63) is 53.6 Å². The molecule has 0 bridgehead atoms. The number of rotatable bonds is 4. The lowest BCUT2D eigenvalue weighted by molar-refractivity contribution is -0.154. The summed E-state index contributed by atoms with van der Waals surface area (Å²) in [6.07, 6.45) is 9.54. The minimum absolute atomic E-state index is 0.128. The second kappa shape index (κ2) is 9.76. The molecule has 1 spiro atoms. The molecule has 4 heterocycles. The molecule has 186 valence electrons. The van der Waals surface area contributed by atoms with Crippen LogP contribution < -0.4 is 4.90 Å². The number of cyclic esters (lactones) is 1. The Morgan fingerprint density at radius 3 is 2.66 bits per heavy atom. The first-order chi connectivity index (χ1) is 17.0. The third-order valence-electron chi connectivity index (χ3n) is 7.30. The van der Waals surface area contributed by atoms with E-state index in [9.17, 15) is 19.5 Å². The van der Waals surface area contributed by atoms with Crippen molar-refractivity contribution in [2.75, 3.05) is 31.2 Å². The molecule has 35 heavy (non-hydrogen) atoms. The van der Waals surface area contributed by atoms with Crippen LogP contribution >= 0.6 is 11.6 Å². The lowest BCUT2D eigenvalue weighted by Crippen LogP contribution is -2.55. The molecule has 9 heteroatoms. The summed E-state index contributed by atoms with van der Waals surface area (Å²) in [4.78, 5) is 44.2. The van der Waals surface area contributed by atoms with Gasteiger partial charge in [-0.25, -0.2) is 0 Å². The number of esters is 1. The van der Waals surface area contributed by atoms with E-state index >= 15 is 0 Å². The maximum Gasteiger partial charge on any atom is 0.312 e. The molecule has 0 radical (unpaired) electrons. The van der Waals surface area contributed by atoms with Gasteiger partial charge < -0.3 is 24.4 Å². The highest BCUT2D eigenvalue weighted by atomic mass is 35.5. The lowest BCUT2D eigenvalue weighted by atomic mass is 9.78. The van der Waals surface area contributed by atoms with E-state index in [0.717, 1.165) is 19.3 Å². The second-order valence-corrected chi connectivity index (χ2v) is 9.81. The van der Waals surface area contributed by atoms with Crippen LogP contribution in [0.25, 0.3) is 0 Å². The Hall–Kier alpha value is -2.68. The zero-order valence-corrected chi connectivity index (χ0v) is 20.1. The number of carbonyl (C=O) groups is 3. The van der Waals surface area contributed by atoms with Crippen molar-refractivity contribution in [1.29, 1.82) is 0 Å². The number of aliphatic hydroxyl groups excluding tert-OH is 1. The summed E-state index contributed by atoms with van der Waals surface area (Å²) in [7, 11) is 0. The molecule has 2 fully saturated rings. The van der Waals surface area contributed by atoms with E-state index in [1.165, 1.54) is 4.90 Å². The summed E-state index contributed by atoms with van der Waals surface area (Å²) in [6.45, 7) is 0.627. The number of ether oxygens (including phenoxy) is 2. The predicted octanol–water partition coefficient (Wildman–Crippen LogP) is 2.49. The Labute approximate surface area is 209 Å². The number of allylic oxidation sites excluding steroid dienone is 1. The molecule has 1 N–H and O–H groups in total. The molecule has 4 aliphatic rings. The number of aliphatic hydroxyl groups is 1. The maximum atomic E-state index is 14.1. The number of fused-ring (bicyclic) bond motifs is 2. The molecule has 1 unspecified atom stereocenters. The van der Waals surface area contributed by atoms with Crippen molar-refractivity contribution in [1.82, 2.24) is 4.90 Å². The van der Waals surface area contributed by atoms with Gasteiger partial charge in [-0.1, -0.05) is 35.9 Å². The molecule has 0 saturated carbocycles. The van der Waals surface area contributed by atoms with Gasteiger partial charge in [-0.3, -0.25) is 14.4 Å². The molecule has 2 amide bonds. The van der Waals surface area contributed by atoms with E-state index < -0.39 is 35.6 Å². The number of nitrogens with zero attached hydrogens (tertiary/aromatic N) is 2. The fourth-order valence-corrected chi connectivity index (χ4v) is 5.88. The van der Waals surface area contributed by atoms with Crippen LogP contribution in [0, 0.1) is 11.8 Å². The Morgan fingerprint density at radius 2 is 1.89 bits per heavy atom. The van der Waals surface area contributed by atoms with Gasteiger partial charge in [-0.15, -0.1) is 0 Å². The molecule has 2 saturated heterocycles. The molecule has 4 aliphatic heterocycles. The fraction of sp³-hybridized carbons (Fsp3) is 0.500. The highest BCUT2D eigenvalue weighted by Gasteiger charge is 2.71. The van der Waals surface area contributed by atoms with Gasteiger partial charge in [0.25, 0.3) is 5.91 Å². The number of carbonyl (C=O) groups excluding carboxylic acids is 3. The average molecular weight is 501 g/mol. The SMILES string of the molecule is O=C1OCCCC/C=C\[C@@H]2O[C@]34C=CCN(c5ccc(Cl)cc5)C(=O)C3N(CCCO)C(=O)[C@@H]4[C@H]12. The Kier molecular flexibility index (Phi) is 6.70. The van der Waals surface area contributed by atoms with Crippen molar-refractivity contribution in [2.45, 2.75) is 43.4 Å². The smallest absolute Gasteiger partial charge is 0.312 e. The van der Waals surface area contributed by atoms with Crippen LogP contribution in [0.3, 0.4) is 0 Å². The summed E-state index contributed by atoms with van der Waals surface area (Å²) < 4.78 is 12.1. The third-order valence-corrected chi connectivity index (χ3v) is 7.55. The zero-order valence-electron chi connectivity index (χ0n) is 19.3. The first-order valence-corrected chi connectivity index (χ1v) is 12.5. The van der Waals surface area contributed by atoms with Crippen molar-refractivity contribution < 1.29 is 29.0 Å². The summed E-state index contributed by atoms with van der Waals surface area (Å²) >= 11 is 6.05. The van der Waals surface area contributed by atoms with E-state index in [4.69, 9.17) is 21.1 Å². The van der Waals surface area contributed by atoms with Gasteiger partial charge in [-0.2, -0.15) is 0 Å². The van der Waals surface area contributed by atoms with Gasteiger partial charge >= 0.3 is 5.97 Å². The number of anilines is 1. The van der Waals surface area contributed by atoms with Crippen LogP contribution in [0.1, 0.15) is 25.7 Å². The van der Waals surface area contributed by atoms with Crippen molar-refractivity contribution >= 4 is 35.1 Å². The van der Waals surface area contributed by atoms with E-state index in [2.05, 4.69) is 0 Å². The largest absolute Gasteiger partial charge is 0.465 e. The molecule has 5 atom stereocenters. The standard InChI is InChI=1S/C26H29ClN2O6/c27-17-8-10-18(11-9-17)28-13-5-12-26-21(23(31)29(14-6-15-30)22(26)24(28)32)20-19(35-26)7-3-1-2-4-16-34-25(20)33/h3,5,7-12,19-22,30H,1-2,4,6,13-16H2/b7-3-/t19-,20+,21-,22?,26-/m0/s1. The normalized spacial score (nSPS) is 33.6. The van der Waals surface area contributed by atoms with Crippen LogP contribution in [0.15, 0.2) is 48.6 Å². The molecule has 0 aliphatic carbocycles. The van der Waals surface area contributed by atoms with Gasteiger partial charge in [0.05, 0.1) is 18.6 Å². The average Bonchev–Trinajstić information content (AvgIpc) is 3.23. The Bertz CT molecular complexity index is 1060. The van der Waals surface area contributed by atoms with Crippen molar-refractivity contribution in [3.8, 4) is 0 Å². The summed E-state index contributed by atoms with van der Waals surface area (Å²) in [5.74, 6) is -2.84. The van der Waals surface area contributed by atoms with E-state index in [-0.39, 0.29) is 31.5 Å². The quantitative estimate of drug-likeness (QED) is 0.504. The van der Waals surface area contributed by atoms with Crippen LogP contribution in [-0.4, -0.2) is 71.8 Å². The zero-order chi connectivity index (χ0) is 24.6. The van der Waals surface area contributed by atoms with Gasteiger partial charge in [0, 0.05) is 30.4 Å². The summed E-state index contributed by atoms with van der Waals surface area (Å²) in [5, 5.41) is 10.0.